The predicted molar refractivity (Wildman–Crippen MR) is 86.2 cm³/mol. The number of hydrogen-bond acceptors (Lipinski definition) is 4. The quantitative estimate of drug-likeness (QED) is 0.939. The van der Waals surface area contributed by atoms with Crippen LogP contribution in [0.3, 0.4) is 0 Å². The van der Waals surface area contributed by atoms with Crippen molar-refractivity contribution >= 4 is 5.91 Å². The smallest absolute Gasteiger partial charge is 0.223 e. The molecule has 6 nitrogen and oxygen atoms in total. The van der Waals surface area contributed by atoms with Crippen LogP contribution in [0.1, 0.15) is 37.1 Å². The lowest BCUT2D eigenvalue weighted by Crippen LogP contribution is -2.35. The average molecular weight is 314 g/mol. The third-order valence-corrected chi connectivity index (χ3v) is 4.33. The molecule has 0 bridgehead atoms. The normalized spacial score (nSPS) is 17.0. The summed E-state index contributed by atoms with van der Waals surface area (Å²) in [5, 5.41) is 7.51. The number of nitrogens with zero attached hydrogens (tertiary/aromatic N) is 3. The molecule has 0 aliphatic carbocycles. The van der Waals surface area contributed by atoms with Crippen molar-refractivity contribution in [2.75, 3.05) is 13.2 Å². The Balaban J connectivity index is 1.71. The van der Waals surface area contributed by atoms with Crippen molar-refractivity contribution in [1.29, 1.82) is 0 Å². The molecule has 0 unspecified atom stereocenters. The summed E-state index contributed by atoms with van der Waals surface area (Å²) in [6.07, 6.45) is 5.14. The Labute approximate surface area is 135 Å². The average Bonchev–Trinajstić information content (AvgIpc) is 2.98. The van der Waals surface area contributed by atoms with E-state index in [1.165, 1.54) is 0 Å². The van der Waals surface area contributed by atoms with E-state index in [2.05, 4.69) is 15.4 Å². The van der Waals surface area contributed by atoms with Gasteiger partial charge in [0.2, 0.25) is 5.91 Å². The minimum atomic E-state index is -0.0807. The van der Waals surface area contributed by atoms with Crippen LogP contribution in [0.25, 0.3) is 5.82 Å². The van der Waals surface area contributed by atoms with Crippen molar-refractivity contribution < 1.29 is 9.53 Å². The third kappa shape index (κ3) is 3.42. The van der Waals surface area contributed by atoms with Gasteiger partial charge in [0.05, 0.1) is 12.2 Å². The Morgan fingerprint density at radius 1 is 1.39 bits per heavy atom. The van der Waals surface area contributed by atoms with E-state index in [9.17, 15) is 4.79 Å². The molecular weight excluding hydrogens is 292 g/mol. The molecule has 0 spiro atoms. The van der Waals surface area contributed by atoms with Gasteiger partial charge < -0.3 is 10.1 Å². The van der Waals surface area contributed by atoms with Crippen LogP contribution >= 0.6 is 0 Å². The number of ether oxygens (including phenoxy) is 1. The topological polar surface area (TPSA) is 69.0 Å². The van der Waals surface area contributed by atoms with Gasteiger partial charge in [-0.05, 0) is 38.8 Å². The molecule has 3 rings (SSSR count). The monoisotopic (exact) mass is 314 g/mol. The first kappa shape index (κ1) is 15.7. The van der Waals surface area contributed by atoms with E-state index in [-0.39, 0.29) is 17.9 Å². The molecule has 1 aliphatic heterocycles. The molecule has 3 heterocycles. The van der Waals surface area contributed by atoms with Crippen LogP contribution in [-0.2, 0) is 9.53 Å². The number of rotatable bonds is 4. The molecule has 0 radical (unpaired) electrons. The molecule has 1 saturated heterocycles. The second kappa shape index (κ2) is 6.91. The van der Waals surface area contributed by atoms with E-state index in [1.807, 2.05) is 32.0 Å². The van der Waals surface area contributed by atoms with E-state index >= 15 is 0 Å². The van der Waals surface area contributed by atoms with Crippen LogP contribution in [0, 0.1) is 12.8 Å². The second-order valence-corrected chi connectivity index (χ2v) is 5.90. The zero-order chi connectivity index (χ0) is 16.2. The first-order valence-corrected chi connectivity index (χ1v) is 8.01. The zero-order valence-corrected chi connectivity index (χ0v) is 13.5. The van der Waals surface area contributed by atoms with E-state index < -0.39 is 0 Å². The van der Waals surface area contributed by atoms with Crippen LogP contribution < -0.4 is 5.32 Å². The number of carbonyl (C=O) groups is 1. The summed E-state index contributed by atoms with van der Waals surface area (Å²) in [6.45, 7) is 5.32. The summed E-state index contributed by atoms with van der Waals surface area (Å²) in [7, 11) is 0. The molecule has 0 aromatic carbocycles. The van der Waals surface area contributed by atoms with Gasteiger partial charge in [0, 0.05) is 36.6 Å². The van der Waals surface area contributed by atoms with Gasteiger partial charge in [-0.2, -0.15) is 5.10 Å². The first-order valence-electron chi connectivity index (χ1n) is 8.01. The highest BCUT2D eigenvalue weighted by molar-refractivity contribution is 5.79. The van der Waals surface area contributed by atoms with E-state index in [4.69, 9.17) is 4.74 Å². The molecule has 23 heavy (non-hydrogen) atoms. The third-order valence-electron chi connectivity index (χ3n) is 4.33. The lowest BCUT2D eigenvalue weighted by molar-refractivity contribution is -0.128. The number of pyridine rings is 1. The first-order chi connectivity index (χ1) is 11.2. The van der Waals surface area contributed by atoms with Gasteiger partial charge in [-0.3, -0.25) is 4.79 Å². The van der Waals surface area contributed by atoms with Crippen LogP contribution in [-0.4, -0.2) is 33.9 Å². The molecule has 122 valence electrons. The van der Waals surface area contributed by atoms with Crippen LogP contribution in [0.5, 0.6) is 0 Å². The van der Waals surface area contributed by atoms with Gasteiger partial charge in [-0.15, -0.1) is 0 Å². The SMILES string of the molecule is Cc1c([C@H](C)NC(=O)C2CCOCC2)cnn1-c1ccccn1. The lowest BCUT2D eigenvalue weighted by Gasteiger charge is -2.23. The number of nitrogens with one attached hydrogen (secondary N) is 1. The molecular formula is C17H22N4O2. The number of carbonyl (C=O) groups excluding carboxylic acids is 1. The molecule has 1 aliphatic rings. The van der Waals surface area contributed by atoms with Crippen molar-refractivity contribution in [2.45, 2.75) is 32.7 Å². The number of hydrogen-bond donors (Lipinski definition) is 1. The highest BCUT2D eigenvalue weighted by atomic mass is 16.5. The van der Waals surface area contributed by atoms with Gasteiger partial charge >= 0.3 is 0 Å². The fourth-order valence-electron chi connectivity index (χ4n) is 2.93. The Hall–Kier alpha value is -2.21. The molecule has 1 N–H and O–H groups in total. The van der Waals surface area contributed by atoms with Crippen molar-refractivity contribution in [3.63, 3.8) is 0 Å². The maximum Gasteiger partial charge on any atom is 0.223 e. The van der Waals surface area contributed by atoms with Crippen LogP contribution in [0.2, 0.25) is 0 Å². The fraction of sp³-hybridized carbons (Fsp3) is 0.471. The maximum absolute atomic E-state index is 12.4. The van der Waals surface area contributed by atoms with Crippen LogP contribution in [0.4, 0.5) is 0 Å². The molecule has 6 heteroatoms. The minimum absolute atomic E-state index is 0.0531. The fourth-order valence-corrected chi connectivity index (χ4v) is 2.93. The Kier molecular flexibility index (Phi) is 4.71. The molecule has 2 aromatic heterocycles. The highest BCUT2D eigenvalue weighted by Gasteiger charge is 2.24. The summed E-state index contributed by atoms with van der Waals surface area (Å²) < 4.78 is 7.11. The predicted octanol–water partition coefficient (Wildman–Crippen LogP) is 2.18. The molecule has 1 atom stereocenters. The number of amides is 1. The maximum atomic E-state index is 12.4. The van der Waals surface area contributed by atoms with Gasteiger partial charge in [-0.1, -0.05) is 6.07 Å². The minimum Gasteiger partial charge on any atom is -0.381 e. The molecule has 0 saturated carbocycles. The summed E-state index contributed by atoms with van der Waals surface area (Å²) in [5.41, 5.74) is 2.00. The van der Waals surface area contributed by atoms with E-state index in [1.54, 1.807) is 17.1 Å². The van der Waals surface area contributed by atoms with E-state index in [0.29, 0.717) is 13.2 Å². The summed E-state index contributed by atoms with van der Waals surface area (Å²) in [4.78, 5) is 16.7. The van der Waals surface area contributed by atoms with Gasteiger partial charge in [-0.25, -0.2) is 9.67 Å². The Morgan fingerprint density at radius 3 is 2.87 bits per heavy atom. The highest BCUT2D eigenvalue weighted by Crippen LogP contribution is 2.21. The molecule has 2 aromatic rings. The van der Waals surface area contributed by atoms with Crippen LogP contribution in [0.15, 0.2) is 30.6 Å². The van der Waals surface area contributed by atoms with Gasteiger partial charge in [0.15, 0.2) is 5.82 Å². The molecule has 1 fully saturated rings. The standard InChI is InChI=1S/C17H22N4O2/c1-12(20-17(22)14-6-9-23-10-7-14)15-11-19-21(13(15)2)16-5-3-4-8-18-16/h3-5,8,11-12,14H,6-7,9-10H2,1-2H3,(H,20,22)/t12-/m0/s1. The van der Waals surface area contributed by atoms with Crippen molar-refractivity contribution in [2.24, 2.45) is 5.92 Å². The summed E-state index contributed by atoms with van der Waals surface area (Å²) >= 11 is 0. The Morgan fingerprint density at radius 2 is 2.17 bits per heavy atom. The summed E-state index contributed by atoms with van der Waals surface area (Å²) in [6, 6.07) is 5.64. The lowest BCUT2D eigenvalue weighted by atomic mass is 9.98. The number of aromatic nitrogens is 3. The van der Waals surface area contributed by atoms with Gasteiger partial charge in [0.1, 0.15) is 0 Å². The molecule has 1 amide bonds. The summed E-state index contributed by atoms with van der Waals surface area (Å²) in [5.74, 6) is 0.933. The second-order valence-electron chi connectivity index (χ2n) is 5.90. The van der Waals surface area contributed by atoms with Crippen molar-refractivity contribution in [3.05, 3.63) is 41.9 Å². The zero-order valence-electron chi connectivity index (χ0n) is 13.5. The Bertz CT molecular complexity index is 662. The van der Waals surface area contributed by atoms with E-state index in [0.717, 1.165) is 29.9 Å². The van der Waals surface area contributed by atoms with Crippen molar-refractivity contribution in [3.8, 4) is 5.82 Å². The largest absolute Gasteiger partial charge is 0.381 e. The van der Waals surface area contributed by atoms with Crippen molar-refractivity contribution in [1.82, 2.24) is 20.1 Å². The van der Waals surface area contributed by atoms with Gasteiger partial charge in [0.25, 0.3) is 0 Å².